The molecule has 5 heteroatoms. The van der Waals surface area contributed by atoms with E-state index in [4.69, 9.17) is 9.47 Å². The Morgan fingerprint density at radius 1 is 1.30 bits per heavy atom. The maximum absolute atomic E-state index is 11.7. The third-order valence-electron chi connectivity index (χ3n) is 3.38. The molecule has 110 valence electrons. The monoisotopic (exact) mass is 279 g/mol. The molecule has 0 bridgehead atoms. The lowest BCUT2D eigenvalue weighted by Gasteiger charge is -2.32. The topological polar surface area (TPSA) is 67.8 Å². The highest BCUT2D eigenvalue weighted by molar-refractivity contribution is 5.76. The highest BCUT2D eigenvalue weighted by Crippen LogP contribution is 2.19. The minimum Gasteiger partial charge on any atom is -0.493 e. The number of para-hydroxylation sites is 1. The van der Waals surface area contributed by atoms with Crippen LogP contribution in [0.15, 0.2) is 30.3 Å². The van der Waals surface area contributed by atoms with E-state index in [9.17, 15) is 9.90 Å². The van der Waals surface area contributed by atoms with Crippen LogP contribution < -0.4 is 10.1 Å². The highest BCUT2D eigenvalue weighted by atomic mass is 16.5. The fourth-order valence-electron chi connectivity index (χ4n) is 2.06. The summed E-state index contributed by atoms with van der Waals surface area (Å²) in [6.07, 6.45) is 1.41. The van der Waals surface area contributed by atoms with Crippen LogP contribution in [-0.2, 0) is 9.53 Å². The van der Waals surface area contributed by atoms with Crippen LogP contribution >= 0.6 is 0 Å². The number of amides is 1. The molecule has 0 saturated carbocycles. The molecule has 0 unspecified atom stereocenters. The van der Waals surface area contributed by atoms with E-state index in [1.807, 2.05) is 30.3 Å². The van der Waals surface area contributed by atoms with Crippen LogP contribution in [0.1, 0.15) is 19.3 Å². The van der Waals surface area contributed by atoms with Crippen LogP contribution in [0.3, 0.4) is 0 Å². The van der Waals surface area contributed by atoms with Gasteiger partial charge in [-0.1, -0.05) is 18.2 Å². The average molecular weight is 279 g/mol. The van der Waals surface area contributed by atoms with Gasteiger partial charge in [0.2, 0.25) is 5.91 Å². The molecule has 1 heterocycles. The first-order valence-corrected chi connectivity index (χ1v) is 6.93. The second-order valence-electron chi connectivity index (χ2n) is 5.02. The van der Waals surface area contributed by atoms with Crippen LogP contribution in [0.4, 0.5) is 0 Å². The number of ether oxygens (including phenoxy) is 2. The molecule has 2 N–H and O–H groups in total. The summed E-state index contributed by atoms with van der Waals surface area (Å²) in [7, 11) is 0. The SMILES string of the molecule is O=C(CCOc1ccccc1)NCC1(O)CCOCC1. The smallest absolute Gasteiger partial charge is 0.223 e. The van der Waals surface area contributed by atoms with Gasteiger partial charge in [-0.05, 0) is 12.1 Å². The lowest BCUT2D eigenvalue weighted by molar-refractivity contribution is -0.124. The molecule has 0 spiro atoms. The van der Waals surface area contributed by atoms with Gasteiger partial charge in [0.25, 0.3) is 0 Å². The van der Waals surface area contributed by atoms with Crippen LogP contribution in [0.2, 0.25) is 0 Å². The van der Waals surface area contributed by atoms with Gasteiger partial charge in [-0.3, -0.25) is 4.79 Å². The summed E-state index contributed by atoms with van der Waals surface area (Å²) in [6.45, 7) is 1.70. The predicted octanol–water partition coefficient (Wildman–Crippen LogP) is 1.11. The van der Waals surface area contributed by atoms with Crippen molar-refractivity contribution in [1.29, 1.82) is 0 Å². The molecular weight excluding hydrogens is 258 g/mol. The Labute approximate surface area is 118 Å². The molecule has 1 aliphatic heterocycles. The van der Waals surface area contributed by atoms with Gasteiger partial charge in [0, 0.05) is 32.6 Å². The lowest BCUT2D eigenvalue weighted by atomic mass is 9.94. The second kappa shape index (κ2) is 7.26. The molecule has 2 rings (SSSR count). The zero-order valence-electron chi connectivity index (χ0n) is 11.5. The number of aliphatic hydroxyl groups is 1. The van der Waals surface area contributed by atoms with Gasteiger partial charge in [-0.2, -0.15) is 0 Å². The first-order chi connectivity index (χ1) is 9.68. The average Bonchev–Trinajstić information content (AvgIpc) is 2.47. The molecule has 0 aliphatic carbocycles. The summed E-state index contributed by atoms with van der Waals surface area (Å²) in [5.41, 5.74) is -0.825. The van der Waals surface area contributed by atoms with Gasteiger partial charge < -0.3 is 19.9 Å². The normalized spacial score (nSPS) is 17.4. The maximum atomic E-state index is 11.7. The second-order valence-corrected chi connectivity index (χ2v) is 5.02. The molecule has 1 amide bonds. The molecular formula is C15H21NO4. The first-order valence-electron chi connectivity index (χ1n) is 6.93. The third kappa shape index (κ3) is 4.83. The molecule has 5 nitrogen and oxygen atoms in total. The maximum Gasteiger partial charge on any atom is 0.223 e. The van der Waals surface area contributed by atoms with E-state index in [0.29, 0.717) is 32.7 Å². The van der Waals surface area contributed by atoms with E-state index >= 15 is 0 Å². The summed E-state index contributed by atoms with van der Waals surface area (Å²) in [6, 6.07) is 9.38. The quantitative estimate of drug-likeness (QED) is 0.818. The number of carbonyl (C=O) groups is 1. The van der Waals surface area contributed by atoms with Crippen molar-refractivity contribution >= 4 is 5.91 Å². The third-order valence-corrected chi connectivity index (χ3v) is 3.38. The largest absolute Gasteiger partial charge is 0.493 e. The van der Waals surface area contributed by atoms with Gasteiger partial charge in [0.1, 0.15) is 5.75 Å². The summed E-state index contributed by atoms with van der Waals surface area (Å²) < 4.78 is 10.6. The van der Waals surface area contributed by atoms with Gasteiger partial charge in [-0.15, -0.1) is 0 Å². The number of hydrogen-bond acceptors (Lipinski definition) is 4. The van der Waals surface area contributed by atoms with Crippen molar-refractivity contribution in [2.24, 2.45) is 0 Å². The van der Waals surface area contributed by atoms with E-state index in [1.54, 1.807) is 0 Å². The van der Waals surface area contributed by atoms with Crippen LogP contribution in [0, 0.1) is 0 Å². The molecule has 1 aliphatic rings. The number of nitrogens with one attached hydrogen (secondary N) is 1. The summed E-state index contributed by atoms with van der Waals surface area (Å²) >= 11 is 0. The van der Waals surface area contributed by atoms with Crippen molar-refractivity contribution in [3.05, 3.63) is 30.3 Å². The highest BCUT2D eigenvalue weighted by Gasteiger charge is 2.29. The number of carbonyl (C=O) groups excluding carboxylic acids is 1. The molecule has 1 fully saturated rings. The van der Waals surface area contributed by atoms with Crippen molar-refractivity contribution in [1.82, 2.24) is 5.32 Å². The molecule has 0 aromatic heterocycles. The van der Waals surface area contributed by atoms with E-state index in [1.165, 1.54) is 0 Å². The van der Waals surface area contributed by atoms with Crippen molar-refractivity contribution in [2.75, 3.05) is 26.4 Å². The Kier molecular flexibility index (Phi) is 5.38. The fourth-order valence-corrected chi connectivity index (χ4v) is 2.06. The van der Waals surface area contributed by atoms with E-state index in [2.05, 4.69) is 5.32 Å². The van der Waals surface area contributed by atoms with Gasteiger partial charge >= 0.3 is 0 Å². The fraction of sp³-hybridized carbons (Fsp3) is 0.533. The minimum absolute atomic E-state index is 0.110. The first kappa shape index (κ1) is 14.8. The Morgan fingerprint density at radius 2 is 2.00 bits per heavy atom. The molecule has 0 atom stereocenters. The number of benzene rings is 1. The van der Waals surface area contributed by atoms with E-state index < -0.39 is 5.60 Å². The molecule has 20 heavy (non-hydrogen) atoms. The van der Waals surface area contributed by atoms with Crippen LogP contribution in [0.5, 0.6) is 5.75 Å². The van der Waals surface area contributed by atoms with Gasteiger partial charge in [0.05, 0.1) is 18.6 Å². The predicted molar refractivity (Wildman–Crippen MR) is 74.6 cm³/mol. The van der Waals surface area contributed by atoms with Gasteiger partial charge in [0.15, 0.2) is 0 Å². The Bertz CT molecular complexity index is 415. The van der Waals surface area contributed by atoms with Crippen molar-refractivity contribution in [3.63, 3.8) is 0 Å². The van der Waals surface area contributed by atoms with Crippen LogP contribution in [-0.4, -0.2) is 43.0 Å². The number of rotatable bonds is 6. The molecule has 1 saturated heterocycles. The van der Waals surface area contributed by atoms with Crippen molar-refractivity contribution in [2.45, 2.75) is 24.9 Å². The summed E-state index contributed by atoms with van der Waals surface area (Å²) in [5, 5.41) is 13.0. The Morgan fingerprint density at radius 3 is 2.70 bits per heavy atom. The molecule has 0 radical (unpaired) electrons. The van der Waals surface area contributed by atoms with Gasteiger partial charge in [-0.25, -0.2) is 0 Å². The Hall–Kier alpha value is -1.59. The molecule has 1 aromatic rings. The Balaban J connectivity index is 1.63. The number of hydrogen-bond donors (Lipinski definition) is 2. The lowest BCUT2D eigenvalue weighted by Crippen LogP contribution is -2.46. The van der Waals surface area contributed by atoms with Crippen molar-refractivity contribution < 1.29 is 19.4 Å². The van der Waals surface area contributed by atoms with E-state index in [-0.39, 0.29) is 18.9 Å². The summed E-state index contributed by atoms with van der Waals surface area (Å²) in [4.78, 5) is 11.7. The zero-order chi connectivity index (χ0) is 14.3. The summed E-state index contributed by atoms with van der Waals surface area (Å²) in [5.74, 6) is 0.643. The van der Waals surface area contributed by atoms with E-state index in [0.717, 1.165) is 5.75 Å². The molecule has 1 aromatic carbocycles. The minimum atomic E-state index is -0.825. The standard InChI is InChI=1S/C15H21NO4/c17-14(6-9-20-13-4-2-1-3-5-13)16-12-15(18)7-10-19-11-8-15/h1-5,18H,6-12H2,(H,16,17). The van der Waals surface area contributed by atoms with Crippen molar-refractivity contribution in [3.8, 4) is 5.75 Å². The van der Waals surface area contributed by atoms with Crippen LogP contribution in [0.25, 0.3) is 0 Å². The zero-order valence-corrected chi connectivity index (χ0v) is 11.5.